The van der Waals surface area contributed by atoms with E-state index in [1.54, 1.807) is 6.92 Å². The molecule has 1 amide bonds. The van der Waals surface area contributed by atoms with Crippen molar-refractivity contribution >= 4 is 11.9 Å². The van der Waals surface area contributed by atoms with E-state index >= 15 is 0 Å². The second-order valence-corrected chi connectivity index (χ2v) is 3.91. The van der Waals surface area contributed by atoms with Crippen molar-refractivity contribution in [3.8, 4) is 0 Å². The molecule has 0 atom stereocenters. The zero-order valence-corrected chi connectivity index (χ0v) is 8.95. The Balaban J connectivity index is 2.37. The summed E-state index contributed by atoms with van der Waals surface area (Å²) in [6.45, 7) is 1.60. The van der Waals surface area contributed by atoms with Crippen LogP contribution >= 0.6 is 0 Å². The Morgan fingerprint density at radius 3 is 2.47 bits per heavy atom. The third-order valence-electron chi connectivity index (χ3n) is 2.74. The zero-order valence-electron chi connectivity index (χ0n) is 8.95. The molecule has 0 radical (unpaired) electrons. The van der Waals surface area contributed by atoms with E-state index in [4.69, 9.17) is 5.11 Å². The van der Waals surface area contributed by atoms with Crippen LogP contribution in [0.2, 0.25) is 0 Å². The maximum absolute atomic E-state index is 11.5. The minimum absolute atomic E-state index is 0.0296. The van der Waals surface area contributed by atoms with Crippen LogP contribution in [0.3, 0.4) is 0 Å². The van der Waals surface area contributed by atoms with Crippen molar-refractivity contribution in [1.29, 1.82) is 0 Å². The highest BCUT2D eigenvalue weighted by Gasteiger charge is 2.19. The van der Waals surface area contributed by atoms with Gasteiger partial charge in [0.25, 0.3) is 0 Å². The Morgan fingerprint density at radius 1 is 1.40 bits per heavy atom. The van der Waals surface area contributed by atoms with Gasteiger partial charge < -0.3 is 10.4 Å². The quantitative estimate of drug-likeness (QED) is 0.695. The number of allylic oxidation sites excluding steroid dienone is 1. The van der Waals surface area contributed by atoms with E-state index in [0.29, 0.717) is 12.3 Å². The fourth-order valence-corrected chi connectivity index (χ4v) is 1.93. The number of amides is 1. The summed E-state index contributed by atoms with van der Waals surface area (Å²) in [7, 11) is 0. The van der Waals surface area contributed by atoms with Gasteiger partial charge in [-0.15, -0.1) is 0 Å². The third-order valence-corrected chi connectivity index (χ3v) is 2.74. The van der Waals surface area contributed by atoms with Crippen LogP contribution in [0.1, 0.15) is 39.0 Å². The van der Waals surface area contributed by atoms with Gasteiger partial charge in [-0.25, -0.2) is 4.79 Å². The number of hydrogen-bond acceptors (Lipinski definition) is 2. The summed E-state index contributed by atoms with van der Waals surface area (Å²) in [5.41, 5.74) is -0.0296. The molecule has 4 nitrogen and oxygen atoms in total. The Morgan fingerprint density at radius 2 is 2.00 bits per heavy atom. The van der Waals surface area contributed by atoms with Crippen LogP contribution in [-0.2, 0) is 9.59 Å². The third kappa shape index (κ3) is 3.73. The van der Waals surface area contributed by atoms with Gasteiger partial charge in [-0.1, -0.05) is 18.9 Å². The molecule has 0 aromatic carbocycles. The molecule has 0 aromatic heterocycles. The Bertz CT molecular complexity index is 278. The highest BCUT2D eigenvalue weighted by molar-refractivity contribution is 5.92. The minimum Gasteiger partial charge on any atom is -0.477 e. The van der Waals surface area contributed by atoms with Gasteiger partial charge in [-0.2, -0.15) is 0 Å². The van der Waals surface area contributed by atoms with E-state index in [1.165, 1.54) is 18.9 Å². The molecule has 1 aliphatic carbocycles. The smallest absolute Gasteiger partial charge is 0.352 e. The lowest BCUT2D eigenvalue weighted by Gasteiger charge is -2.09. The largest absolute Gasteiger partial charge is 0.477 e. The van der Waals surface area contributed by atoms with Crippen LogP contribution in [0, 0.1) is 5.92 Å². The lowest BCUT2D eigenvalue weighted by molar-refractivity contribution is -0.134. The number of hydrogen-bond donors (Lipinski definition) is 2. The molecule has 1 rings (SSSR count). The average Bonchev–Trinajstić information content (AvgIpc) is 2.66. The molecule has 0 aromatic rings. The van der Waals surface area contributed by atoms with Crippen molar-refractivity contribution in [1.82, 2.24) is 5.32 Å². The monoisotopic (exact) mass is 211 g/mol. The van der Waals surface area contributed by atoms with Crippen LogP contribution in [0.4, 0.5) is 0 Å². The zero-order chi connectivity index (χ0) is 11.3. The topological polar surface area (TPSA) is 66.4 Å². The second kappa shape index (κ2) is 5.53. The summed E-state index contributed by atoms with van der Waals surface area (Å²) >= 11 is 0. The van der Waals surface area contributed by atoms with Crippen molar-refractivity contribution < 1.29 is 14.7 Å². The summed E-state index contributed by atoms with van der Waals surface area (Å²) in [5, 5.41) is 11.1. The molecule has 0 unspecified atom stereocenters. The molecule has 84 valence electrons. The van der Waals surface area contributed by atoms with Gasteiger partial charge in [0.1, 0.15) is 5.70 Å². The molecular weight excluding hydrogens is 194 g/mol. The van der Waals surface area contributed by atoms with Gasteiger partial charge in [-0.3, -0.25) is 4.79 Å². The minimum atomic E-state index is -1.09. The Hall–Kier alpha value is -1.32. The molecule has 4 heteroatoms. The molecule has 0 saturated heterocycles. The van der Waals surface area contributed by atoms with Crippen LogP contribution in [0.25, 0.3) is 0 Å². The van der Waals surface area contributed by atoms with Crippen LogP contribution in [0.5, 0.6) is 0 Å². The van der Waals surface area contributed by atoms with E-state index in [9.17, 15) is 9.59 Å². The Labute approximate surface area is 89.4 Å². The predicted octanol–water partition coefficient (Wildman–Crippen LogP) is 1.67. The summed E-state index contributed by atoms with van der Waals surface area (Å²) in [6.07, 6.45) is 6.40. The first-order chi connectivity index (χ1) is 7.13. The lowest BCUT2D eigenvalue weighted by Crippen LogP contribution is -2.28. The molecule has 0 spiro atoms. The van der Waals surface area contributed by atoms with Crippen molar-refractivity contribution in [3.05, 3.63) is 11.8 Å². The normalized spacial score (nSPS) is 17.8. The number of rotatable bonds is 4. The lowest BCUT2D eigenvalue weighted by atomic mass is 10.0. The standard InChI is InChI=1S/C11H17NO3/c1-2-9(11(14)15)12-10(13)7-8-5-3-4-6-8/h2,8H,3-7H2,1H3,(H,12,13)(H,14,15)/b9-2-. The van der Waals surface area contributed by atoms with E-state index in [1.807, 2.05) is 0 Å². The number of carbonyl (C=O) groups is 2. The summed E-state index contributed by atoms with van der Waals surface area (Å²) in [6, 6.07) is 0. The molecule has 0 bridgehead atoms. The van der Waals surface area contributed by atoms with Gasteiger partial charge in [-0.05, 0) is 25.7 Å². The van der Waals surface area contributed by atoms with Crippen molar-refractivity contribution in [2.45, 2.75) is 39.0 Å². The van der Waals surface area contributed by atoms with Gasteiger partial charge in [0.2, 0.25) is 5.91 Å². The van der Waals surface area contributed by atoms with Gasteiger partial charge in [0.05, 0.1) is 0 Å². The van der Waals surface area contributed by atoms with Crippen LogP contribution in [0.15, 0.2) is 11.8 Å². The first-order valence-corrected chi connectivity index (χ1v) is 5.33. The van der Waals surface area contributed by atoms with Gasteiger partial charge >= 0.3 is 5.97 Å². The SMILES string of the molecule is C/C=C(\NC(=O)CC1CCCC1)C(=O)O. The van der Waals surface area contributed by atoms with E-state index < -0.39 is 5.97 Å². The molecule has 1 fully saturated rings. The second-order valence-electron chi connectivity index (χ2n) is 3.91. The van der Waals surface area contributed by atoms with Gasteiger partial charge in [0, 0.05) is 6.42 Å². The number of carbonyl (C=O) groups excluding carboxylic acids is 1. The van der Waals surface area contributed by atoms with E-state index in [2.05, 4.69) is 5.32 Å². The van der Waals surface area contributed by atoms with E-state index in [0.717, 1.165) is 12.8 Å². The first-order valence-electron chi connectivity index (χ1n) is 5.33. The van der Waals surface area contributed by atoms with Crippen molar-refractivity contribution in [2.75, 3.05) is 0 Å². The molecule has 2 N–H and O–H groups in total. The number of aliphatic carboxylic acids is 1. The summed E-state index contributed by atoms with van der Waals surface area (Å²) < 4.78 is 0. The number of carboxylic acid groups (broad SMARTS) is 1. The molecule has 1 saturated carbocycles. The van der Waals surface area contributed by atoms with Crippen molar-refractivity contribution in [3.63, 3.8) is 0 Å². The maximum Gasteiger partial charge on any atom is 0.352 e. The van der Waals surface area contributed by atoms with Crippen LogP contribution in [-0.4, -0.2) is 17.0 Å². The molecule has 15 heavy (non-hydrogen) atoms. The molecular formula is C11H17NO3. The first kappa shape index (κ1) is 11.8. The highest BCUT2D eigenvalue weighted by Crippen LogP contribution is 2.27. The van der Waals surface area contributed by atoms with Crippen molar-refractivity contribution in [2.24, 2.45) is 5.92 Å². The number of carboxylic acids is 1. The van der Waals surface area contributed by atoms with Crippen LogP contribution < -0.4 is 5.32 Å². The summed E-state index contributed by atoms with van der Waals surface area (Å²) in [4.78, 5) is 22.1. The van der Waals surface area contributed by atoms with Gasteiger partial charge in [0.15, 0.2) is 0 Å². The molecule has 1 aliphatic rings. The fraction of sp³-hybridized carbons (Fsp3) is 0.636. The highest BCUT2D eigenvalue weighted by atomic mass is 16.4. The average molecular weight is 211 g/mol. The van der Waals surface area contributed by atoms with E-state index in [-0.39, 0.29) is 11.6 Å². The Kier molecular flexibility index (Phi) is 4.34. The summed E-state index contributed by atoms with van der Waals surface area (Å²) in [5.74, 6) is -0.827. The maximum atomic E-state index is 11.5. The molecule has 0 heterocycles. The predicted molar refractivity (Wildman–Crippen MR) is 56.1 cm³/mol. The fourth-order valence-electron chi connectivity index (χ4n) is 1.93. The molecule has 0 aliphatic heterocycles. The number of nitrogens with one attached hydrogen (secondary N) is 1.